The molecule has 1 N–H and O–H groups in total. The Bertz CT molecular complexity index is 733. The number of amides is 2. The van der Waals surface area contributed by atoms with Crippen LogP contribution in [0.3, 0.4) is 0 Å². The van der Waals surface area contributed by atoms with Crippen molar-refractivity contribution in [2.45, 2.75) is 24.7 Å². The van der Waals surface area contributed by atoms with Gasteiger partial charge in [0.05, 0.1) is 0 Å². The average molecular weight is 357 g/mol. The molecule has 0 spiro atoms. The molecule has 2 aromatic rings. The van der Waals surface area contributed by atoms with Gasteiger partial charge >= 0.3 is 6.03 Å². The van der Waals surface area contributed by atoms with Gasteiger partial charge in [0.2, 0.25) is 0 Å². The molecule has 1 atom stereocenters. The van der Waals surface area contributed by atoms with Gasteiger partial charge in [-0.05, 0) is 42.7 Å². The van der Waals surface area contributed by atoms with Crippen LogP contribution in [0.5, 0.6) is 0 Å². The summed E-state index contributed by atoms with van der Waals surface area (Å²) >= 11 is 5.88. The van der Waals surface area contributed by atoms with Crippen LogP contribution in [-0.4, -0.2) is 30.3 Å². The van der Waals surface area contributed by atoms with Gasteiger partial charge in [0.15, 0.2) is 0 Å². The molecule has 1 aliphatic rings. The van der Waals surface area contributed by atoms with E-state index in [4.69, 9.17) is 11.6 Å². The van der Waals surface area contributed by atoms with Gasteiger partial charge in [-0.1, -0.05) is 41.9 Å². The van der Waals surface area contributed by atoms with Crippen LogP contribution in [0.1, 0.15) is 24.8 Å². The highest BCUT2D eigenvalue weighted by Gasteiger charge is 2.38. The van der Waals surface area contributed by atoms with Crippen molar-refractivity contribution in [3.63, 3.8) is 0 Å². The molecule has 0 saturated carbocycles. The number of piperidine rings is 1. The van der Waals surface area contributed by atoms with Gasteiger partial charge < -0.3 is 15.0 Å². The largest absolute Gasteiger partial charge is 0.324 e. The summed E-state index contributed by atoms with van der Waals surface area (Å²) in [5.74, 6) is 0. The van der Waals surface area contributed by atoms with E-state index >= 15 is 0 Å². The van der Waals surface area contributed by atoms with Crippen LogP contribution in [0, 0.1) is 0 Å². The van der Waals surface area contributed by atoms with E-state index in [1.165, 1.54) is 0 Å². The quantitative estimate of drug-likeness (QED) is 0.820. The molecule has 1 saturated heterocycles. The van der Waals surface area contributed by atoms with Gasteiger partial charge in [-0.2, -0.15) is 0 Å². The van der Waals surface area contributed by atoms with Crippen LogP contribution in [0.4, 0.5) is 10.5 Å². The van der Waals surface area contributed by atoms with Gasteiger partial charge in [-0.15, -0.1) is 0 Å². The minimum absolute atomic E-state index is 0.145. The van der Waals surface area contributed by atoms with E-state index in [2.05, 4.69) is 5.32 Å². The second kappa shape index (κ2) is 7.70. The monoisotopic (exact) mass is 356 g/mol. The fourth-order valence-corrected chi connectivity index (χ4v) is 3.64. The van der Waals surface area contributed by atoms with Crippen LogP contribution >= 0.6 is 11.6 Å². The van der Waals surface area contributed by atoms with Crippen LogP contribution in [0.2, 0.25) is 5.02 Å². The standard InChI is InChI=1S/C20H21ClN2O2/c21-17-7-9-18(10-8-17)22-19(25)23-13-4-11-20(15-23,12-14-24)16-5-2-1-3-6-16/h1-3,5-10,14H,4,11-13,15H2,(H,22,25). The number of hydrogen-bond acceptors (Lipinski definition) is 2. The molecule has 3 rings (SSSR count). The summed E-state index contributed by atoms with van der Waals surface area (Å²) in [6, 6.07) is 16.9. The number of benzene rings is 2. The van der Waals surface area contributed by atoms with E-state index in [0.29, 0.717) is 30.2 Å². The zero-order chi connectivity index (χ0) is 17.7. The second-order valence-electron chi connectivity index (χ2n) is 6.48. The fraction of sp³-hybridized carbons (Fsp3) is 0.300. The number of rotatable bonds is 4. The van der Waals surface area contributed by atoms with Gasteiger partial charge in [-0.25, -0.2) is 4.79 Å². The molecule has 1 heterocycles. The third-order valence-electron chi connectivity index (χ3n) is 4.82. The molecule has 1 aliphatic heterocycles. The SMILES string of the molecule is O=CCC1(c2ccccc2)CCCN(C(=O)Nc2ccc(Cl)cc2)C1. The summed E-state index contributed by atoms with van der Waals surface area (Å²) in [6.45, 7) is 1.22. The van der Waals surface area contributed by atoms with Crippen molar-refractivity contribution in [2.24, 2.45) is 0 Å². The maximum atomic E-state index is 12.7. The van der Waals surface area contributed by atoms with Gasteiger partial charge in [-0.3, -0.25) is 0 Å². The first-order valence-corrected chi connectivity index (χ1v) is 8.81. The average Bonchev–Trinajstić information content (AvgIpc) is 2.65. The first-order chi connectivity index (χ1) is 12.1. The third kappa shape index (κ3) is 4.02. The zero-order valence-electron chi connectivity index (χ0n) is 14.0. The molecule has 130 valence electrons. The van der Waals surface area contributed by atoms with Crippen LogP contribution in [0.25, 0.3) is 0 Å². The summed E-state index contributed by atoms with van der Waals surface area (Å²) in [7, 11) is 0. The molecular formula is C20H21ClN2O2. The summed E-state index contributed by atoms with van der Waals surface area (Å²) < 4.78 is 0. The molecule has 0 bridgehead atoms. The predicted molar refractivity (Wildman–Crippen MR) is 100 cm³/mol. The Hall–Kier alpha value is -2.33. The summed E-state index contributed by atoms with van der Waals surface area (Å²) in [5.41, 5.74) is 1.52. The van der Waals surface area contributed by atoms with E-state index in [9.17, 15) is 9.59 Å². The van der Waals surface area contributed by atoms with Crippen molar-refractivity contribution in [1.29, 1.82) is 0 Å². The van der Waals surface area contributed by atoms with Crippen LogP contribution in [0.15, 0.2) is 54.6 Å². The lowest BCUT2D eigenvalue weighted by atomic mass is 9.72. The van der Waals surface area contributed by atoms with Crippen LogP contribution < -0.4 is 5.32 Å². The first kappa shape index (κ1) is 17.5. The minimum atomic E-state index is -0.307. The molecule has 0 aromatic heterocycles. The molecule has 1 unspecified atom stereocenters. The normalized spacial score (nSPS) is 20.1. The second-order valence-corrected chi connectivity index (χ2v) is 6.92. The maximum Gasteiger partial charge on any atom is 0.321 e. The lowest BCUT2D eigenvalue weighted by molar-refractivity contribution is -0.109. The lowest BCUT2D eigenvalue weighted by Gasteiger charge is -2.42. The van der Waals surface area contributed by atoms with Crippen molar-refractivity contribution in [1.82, 2.24) is 4.90 Å². The number of carbonyl (C=O) groups excluding carboxylic acids is 2. The number of urea groups is 1. The molecule has 0 radical (unpaired) electrons. The van der Waals surface area contributed by atoms with E-state index in [1.807, 2.05) is 30.3 Å². The van der Waals surface area contributed by atoms with Crippen molar-refractivity contribution < 1.29 is 9.59 Å². The molecular weight excluding hydrogens is 336 g/mol. The lowest BCUT2D eigenvalue weighted by Crippen LogP contribution is -2.50. The molecule has 2 amide bonds. The Balaban J connectivity index is 1.77. The topological polar surface area (TPSA) is 49.4 Å². The first-order valence-electron chi connectivity index (χ1n) is 8.44. The number of nitrogens with zero attached hydrogens (tertiary/aromatic N) is 1. The highest BCUT2D eigenvalue weighted by molar-refractivity contribution is 6.30. The van der Waals surface area contributed by atoms with Crippen molar-refractivity contribution in [3.8, 4) is 0 Å². The third-order valence-corrected chi connectivity index (χ3v) is 5.07. The molecule has 2 aromatic carbocycles. The predicted octanol–water partition coefficient (Wildman–Crippen LogP) is 4.49. The minimum Gasteiger partial charge on any atom is -0.324 e. The highest BCUT2D eigenvalue weighted by Crippen LogP contribution is 2.36. The Kier molecular flexibility index (Phi) is 5.39. The number of nitrogens with one attached hydrogen (secondary N) is 1. The van der Waals surface area contributed by atoms with E-state index in [1.54, 1.807) is 29.2 Å². The number of aldehydes is 1. The molecule has 1 fully saturated rings. The smallest absolute Gasteiger partial charge is 0.321 e. The van der Waals surface area contributed by atoms with Crippen molar-refractivity contribution >= 4 is 29.6 Å². The van der Waals surface area contributed by atoms with Crippen molar-refractivity contribution in [3.05, 3.63) is 65.2 Å². The molecule has 0 aliphatic carbocycles. The van der Waals surface area contributed by atoms with E-state index < -0.39 is 0 Å². The Morgan fingerprint density at radius 3 is 2.56 bits per heavy atom. The van der Waals surface area contributed by atoms with Gasteiger partial charge in [0, 0.05) is 35.6 Å². The van der Waals surface area contributed by atoms with Gasteiger partial charge in [0.1, 0.15) is 6.29 Å². The Morgan fingerprint density at radius 2 is 1.88 bits per heavy atom. The Morgan fingerprint density at radius 1 is 1.16 bits per heavy atom. The maximum absolute atomic E-state index is 12.7. The van der Waals surface area contributed by atoms with Gasteiger partial charge in [0.25, 0.3) is 0 Å². The number of likely N-dealkylation sites (tertiary alicyclic amines) is 1. The number of halogens is 1. The number of hydrogen-bond donors (Lipinski definition) is 1. The summed E-state index contributed by atoms with van der Waals surface area (Å²) in [4.78, 5) is 25.8. The Labute approximate surface area is 152 Å². The fourth-order valence-electron chi connectivity index (χ4n) is 3.51. The molecule has 25 heavy (non-hydrogen) atoms. The zero-order valence-corrected chi connectivity index (χ0v) is 14.7. The highest BCUT2D eigenvalue weighted by atomic mass is 35.5. The van der Waals surface area contributed by atoms with Crippen LogP contribution in [-0.2, 0) is 10.2 Å². The summed E-state index contributed by atoms with van der Waals surface area (Å²) in [6.07, 6.45) is 3.16. The summed E-state index contributed by atoms with van der Waals surface area (Å²) in [5, 5.41) is 3.54. The number of carbonyl (C=O) groups is 2. The molecule has 5 heteroatoms. The van der Waals surface area contributed by atoms with E-state index in [-0.39, 0.29) is 11.4 Å². The number of anilines is 1. The van der Waals surface area contributed by atoms with E-state index in [0.717, 1.165) is 24.7 Å². The molecule has 4 nitrogen and oxygen atoms in total. The van der Waals surface area contributed by atoms with Crippen molar-refractivity contribution in [2.75, 3.05) is 18.4 Å².